The predicted octanol–water partition coefficient (Wildman–Crippen LogP) is 2.19. The monoisotopic (exact) mass is 261 g/mol. The lowest BCUT2D eigenvalue weighted by Gasteiger charge is -2.34. The van der Waals surface area contributed by atoms with Gasteiger partial charge >= 0.3 is 0 Å². The average molecular weight is 261 g/mol. The SMILES string of the molecule is CC1CCN(CC(=O)Nc2ccc(N)cc2)CC1C. The average Bonchev–Trinajstić information content (AvgIpc) is 2.37. The number of rotatable bonds is 3. The summed E-state index contributed by atoms with van der Waals surface area (Å²) in [6.07, 6.45) is 1.18. The lowest BCUT2D eigenvalue weighted by molar-refractivity contribution is -0.117. The van der Waals surface area contributed by atoms with Gasteiger partial charge in [0, 0.05) is 17.9 Å². The van der Waals surface area contributed by atoms with Crippen molar-refractivity contribution in [3.63, 3.8) is 0 Å². The molecule has 1 amide bonds. The summed E-state index contributed by atoms with van der Waals surface area (Å²) in [5.74, 6) is 1.47. The van der Waals surface area contributed by atoms with Gasteiger partial charge in [-0.05, 0) is 49.1 Å². The van der Waals surface area contributed by atoms with Crippen molar-refractivity contribution in [2.75, 3.05) is 30.7 Å². The number of hydrogen-bond donors (Lipinski definition) is 2. The van der Waals surface area contributed by atoms with E-state index in [1.807, 2.05) is 12.1 Å². The van der Waals surface area contributed by atoms with Crippen molar-refractivity contribution >= 4 is 17.3 Å². The third-order valence-electron chi connectivity index (χ3n) is 3.98. The molecule has 3 N–H and O–H groups in total. The van der Waals surface area contributed by atoms with Gasteiger partial charge in [0.1, 0.15) is 0 Å². The van der Waals surface area contributed by atoms with Gasteiger partial charge in [0.15, 0.2) is 0 Å². The highest BCUT2D eigenvalue weighted by atomic mass is 16.2. The molecule has 2 rings (SSSR count). The minimum Gasteiger partial charge on any atom is -0.399 e. The number of anilines is 2. The molecule has 1 aliphatic heterocycles. The largest absolute Gasteiger partial charge is 0.399 e. The van der Waals surface area contributed by atoms with E-state index in [4.69, 9.17) is 5.73 Å². The molecule has 0 aliphatic carbocycles. The topological polar surface area (TPSA) is 58.4 Å². The van der Waals surface area contributed by atoms with Crippen LogP contribution in [0.2, 0.25) is 0 Å². The van der Waals surface area contributed by atoms with Crippen molar-refractivity contribution in [3.8, 4) is 0 Å². The van der Waals surface area contributed by atoms with Crippen LogP contribution >= 0.6 is 0 Å². The van der Waals surface area contributed by atoms with Crippen LogP contribution in [0.4, 0.5) is 11.4 Å². The van der Waals surface area contributed by atoms with Gasteiger partial charge in [-0.2, -0.15) is 0 Å². The van der Waals surface area contributed by atoms with E-state index in [0.29, 0.717) is 18.2 Å². The van der Waals surface area contributed by atoms with Crippen molar-refractivity contribution in [1.29, 1.82) is 0 Å². The number of nitrogens with two attached hydrogens (primary N) is 1. The first-order valence-electron chi connectivity index (χ1n) is 6.92. The van der Waals surface area contributed by atoms with Crippen molar-refractivity contribution < 1.29 is 4.79 Å². The third-order valence-corrected chi connectivity index (χ3v) is 3.98. The van der Waals surface area contributed by atoms with E-state index in [1.54, 1.807) is 12.1 Å². The van der Waals surface area contributed by atoms with Gasteiger partial charge in [0.25, 0.3) is 0 Å². The molecule has 0 radical (unpaired) electrons. The number of piperidine rings is 1. The minimum atomic E-state index is 0.0477. The van der Waals surface area contributed by atoms with Crippen LogP contribution in [-0.4, -0.2) is 30.4 Å². The molecular weight excluding hydrogens is 238 g/mol. The molecule has 104 valence electrons. The molecular formula is C15H23N3O. The lowest BCUT2D eigenvalue weighted by Crippen LogP contribution is -2.42. The molecule has 1 aromatic carbocycles. The summed E-state index contributed by atoms with van der Waals surface area (Å²) < 4.78 is 0. The number of nitrogens with one attached hydrogen (secondary N) is 1. The zero-order valence-corrected chi connectivity index (χ0v) is 11.7. The second-order valence-electron chi connectivity index (χ2n) is 5.65. The van der Waals surface area contributed by atoms with Gasteiger partial charge in [-0.3, -0.25) is 9.69 Å². The molecule has 1 heterocycles. The van der Waals surface area contributed by atoms with Crippen molar-refractivity contribution in [1.82, 2.24) is 4.90 Å². The highest BCUT2D eigenvalue weighted by Gasteiger charge is 2.23. The Morgan fingerprint density at radius 2 is 2.00 bits per heavy atom. The molecule has 4 heteroatoms. The number of benzene rings is 1. The first kappa shape index (κ1) is 13.9. The molecule has 19 heavy (non-hydrogen) atoms. The summed E-state index contributed by atoms with van der Waals surface area (Å²) in [4.78, 5) is 14.2. The van der Waals surface area contributed by atoms with Crippen LogP contribution in [0, 0.1) is 11.8 Å². The van der Waals surface area contributed by atoms with E-state index >= 15 is 0 Å². The highest BCUT2D eigenvalue weighted by molar-refractivity contribution is 5.92. The van der Waals surface area contributed by atoms with Crippen LogP contribution in [0.15, 0.2) is 24.3 Å². The van der Waals surface area contributed by atoms with E-state index in [-0.39, 0.29) is 5.91 Å². The molecule has 1 aliphatic rings. The molecule has 2 unspecified atom stereocenters. The molecule has 0 aromatic heterocycles. The Bertz CT molecular complexity index is 430. The molecule has 4 nitrogen and oxygen atoms in total. The van der Waals surface area contributed by atoms with Gasteiger partial charge in [0.05, 0.1) is 6.54 Å². The fourth-order valence-corrected chi connectivity index (χ4v) is 2.46. The molecule has 0 spiro atoms. The number of nitrogens with zero attached hydrogens (tertiary/aromatic N) is 1. The zero-order valence-electron chi connectivity index (χ0n) is 11.7. The Morgan fingerprint density at radius 1 is 1.32 bits per heavy atom. The molecule has 1 fully saturated rings. The van der Waals surface area contributed by atoms with Gasteiger partial charge in [-0.1, -0.05) is 13.8 Å². The summed E-state index contributed by atoms with van der Waals surface area (Å²) in [5.41, 5.74) is 7.12. The summed E-state index contributed by atoms with van der Waals surface area (Å²) in [6, 6.07) is 7.24. The fourth-order valence-electron chi connectivity index (χ4n) is 2.46. The summed E-state index contributed by atoms with van der Waals surface area (Å²) in [7, 11) is 0. The van der Waals surface area contributed by atoms with Gasteiger partial charge in [-0.15, -0.1) is 0 Å². The van der Waals surface area contributed by atoms with Crippen LogP contribution < -0.4 is 11.1 Å². The van der Waals surface area contributed by atoms with Crippen LogP contribution in [0.1, 0.15) is 20.3 Å². The minimum absolute atomic E-state index is 0.0477. The number of amides is 1. The predicted molar refractivity (Wildman–Crippen MR) is 78.9 cm³/mol. The Morgan fingerprint density at radius 3 is 2.63 bits per heavy atom. The molecule has 0 bridgehead atoms. The van der Waals surface area contributed by atoms with Crippen LogP contribution in [0.5, 0.6) is 0 Å². The second-order valence-corrected chi connectivity index (χ2v) is 5.65. The third kappa shape index (κ3) is 3.96. The van der Waals surface area contributed by atoms with Crippen LogP contribution in [0.25, 0.3) is 0 Å². The molecule has 2 atom stereocenters. The smallest absolute Gasteiger partial charge is 0.238 e. The zero-order chi connectivity index (χ0) is 13.8. The van der Waals surface area contributed by atoms with Crippen LogP contribution in [0.3, 0.4) is 0 Å². The Labute approximate surface area is 115 Å². The van der Waals surface area contributed by atoms with E-state index < -0.39 is 0 Å². The summed E-state index contributed by atoms with van der Waals surface area (Å²) in [6.45, 7) is 7.05. The maximum atomic E-state index is 12.0. The molecule has 0 saturated carbocycles. The van der Waals surface area contributed by atoms with E-state index in [2.05, 4.69) is 24.1 Å². The Balaban J connectivity index is 1.83. The normalized spacial score (nSPS) is 24.1. The number of nitrogen functional groups attached to an aromatic ring is 1. The standard InChI is InChI=1S/C15H23N3O/c1-11-7-8-18(9-12(11)2)10-15(19)17-14-5-3-13(16)4-6-14/h3-6,11-12H,7-10,16H2,1-2H3,(H,17,19). The van der Waals surface area contributed by atoms with E-state index in [1.165, 1.54) is 6.42 Å². The Hall–Kier alpha value is -1.55. The number of carbonyl (C=O) groups excluding carboxylic acids is 1. The first-order chi connectivity index (χ1) is 9.04. The maximum absolute atomic E-state index is 12.0. The van der Waals surface area contributed by atoms with Gasteiger partial charge < -0.3 is 11.1 Å². The number of likely N-dealkylation sites (tertiary alicyclic amines) is 1. The van der Waals surface area contributed by atoms with Crippen molar-refractivity contribution in [3.05, 3.63) is 24.3 Å². The maximum Gasteiger partial charge on any atom is 0.238 e. The Kier molecular flexibility index (Phi) is 4.43. The van der Waals surface area contributed by atoms with Gasteiger partial charge in [0.2, 0.25) is 5.91 Å². The molecule has 1 saturated heterocycles. The second kappa shape index (κ2) is 6.06. The number of hydrogen-bond acceptors (Lipinski definition) is 3. The van der Waals surface area contributed by atoms with Crippen molar-refractivity contribution in [2.24, 2.45) is 11.8 Å². The highest BCUT2D eigenvalue weighted by Crippen LogP contribution is 2.22. The summed E-state index contributed by atoms with van der Waals surface area (Å²) in [5, 5.41) is 2.91. The summed E-state index contributed by atoms with van der Waals surface area (Å²) >= 11 is 0. The van der Waals surface area contributed by atoms with Gasteiger partial charge in [-0.25, -0.2) is 0 Å². The van der Waals surface area contributed by atoms with Crippen LogP contribution in [-0.2, 0) is 4.79 Å². The first-order valence-corrected chi connectivity index (χ1v) is 6.92. The quantitative estimate of drug-likeness (QED) is 0.820. The number of carbonyl (C=O) groups is 1. The lowest BCUT2D eigenvalue weighted by atomic mass is 9.89. The van der Waals surface area contributed by atoms with E-state index in [0.717, 1.165) is 24.7 Å². The van der Waals surface area contributed by atoms with E-state index in [9.17, 15) is 4.79 Å². The van der Waals surface area contributed by atoms with Crippen molar-refractivity contribution in [2.45, 2.75) is 20.3 Å². The molecule has 1 aromatic rings. The fraction of sp³-hybridized carbons (Fsp3) is 0.533.